The quantitative estimate of drug-likeness (QED) is 0.115. The maximum atomic E-state index is 12.7. The Morgan fingerprint density at radius 2 is 1.00 bits per heavy atom. The molecular formula is C26H36N6O6. The first kappa shape index (κ1) is 30.1. The number of carbonyl (C=O) groups excluding carboxylic acids is 4. The molecule has 0 saturated heterocycles. The minimum absolute atomic E-state index is 0.0584. The zero-order chi connectivity index (χ0) is 27.6. The molecule has 0 aromatic heterocycles. The third kappa shape index (κ3) is 12.2. The van der Waals surface area contributed by atoms with Gasteiger partial charge in [0.2, 0.25) is 11.8 Å². The average Bonchev–Trinajstić information content (AvgIpc) is 2.94. The molecule has 12 nitrogen and oxygen atoms in total. The highest BCUT2D eigenvalue weighted by Gasteiger charge is 2.26. The lowest BCUT2D eigenvalue weighted by Gasteiger charge is -2.28. The third-order valence-electron chi connectivity index (χ3n) is 5.68. The van der Waals surface area contributed by atoms with Crippen LogP contribution in [0.3, 0.4) is 0 Å². The minimum Gasteiger partial charge on any atom is -0.445 e. The van der Waals surface area contributed by atoms with Crippen molar-refractivity contribution in [1.29, 1.82) is 0 Å². The van der Waals surface area contributed by atoms with E-state index < -0.39 is 24.3 Å². The average molecular weight is 529 g/mol. The Hall–Kier alpha value is -4.16. The van der Waals surface area contributed by atoms with Crippen molar-refractivity contribution < 1.29 is 28.7 Å². The monoisotopic (exact) mass is 528 g/mol. The largest absolute Gasteiger partial charge is 0.445 e. The van der Waals surface area contributed by atoms with Gasteiger partial charge < -0.3 is 20.1 Å². The molecule has 0 aliphatic heterocycles. The Morgan fingerprint density at radius 1 is 0.632 bits per heavy atom. The maximum Gasteiger partial charge on any atom is 0.407 e. The summed E-state index contributed by atoms with van der Waals surface area (Å²) in [4.78, 5) is 48.6. The molecule has 0 fully saturated rings. The summed E-state index contributed by atoms with van der Waals surface area (Å²) in [6.45, 7) is 0.117. The highest BCUT2D eigenvalue weighted by molar-refractivity contribution is 5.75. The van der Waals surface area contributed by atoms with E-state index in [-0.39, 0.29) is 37.9 Å². The van der Waals surface area contributed by atoms with Crippen LogP contribution >= 0.6 is 0 Å². The molecule has 0 aliphatic carbocycles. The number of nitrogens with two attached hydrogens (primary N) is 2. The van der Waals surface area contributed by atoms with Gasteiger partial charge in [-0.25, -0.2) is 21.3 Å². The number of amides is 4. The van der Waals surface area contributed by atoms with Crippen LogP contribution in [0.4, 0.5) is 9.59 Å². The van der Waals surface area contributed by atoms with Gasteiger partial charge in [-0.1, -0.05) is 60.7 Å². The molecule has 2 atom stereocenters. The first-order chi connectivity index (χ1) is 18.4. The van der Waals surface area contributed by atoms with Gasteiger partial charge in [0.25, 0.3) is 0 Å². The fourth-order valence-electron chi connectivity index (χ4n) is 3.69. The molecule has 2 rings (SSSR count). The first-order valence-corrected chi connectivity index (χ1v) is 12.3. The summed E-state index contributed by atoms with van der Waals surface area (Å²) in [5.74, 6) is 9.62. The second kappa shape index (κ2) is 17.3. The smallest absolute Gasteiger partial charge is 0.407 e. The minimum atomic E-state index is -0.689. The van der Waals surface area contributed by atoms with Gasteiger partial charge in [0.05, 0.1) is 12.1 Å². The number of hydrogen-bond donors (Lipinski definition) is 6. The van der Waals surface area contributed by atoms with E-state index in [0.29, 0.717) is 25.7 Å². The standard InChI is InChI=1S/C26H36N6O6/c27-31-23(33)15-7-13-21(29-25(35)37-17-19-9-3-1-4-10-19)22(14-8-16-24(34)32-28)30-26(36)38-18-20-11-5-2-6-12-20/h1-6,9-12,21-22H,7-8,13-18,27-28H2,(H,29,35)(H,30,36)(H,31,33)(H,32,34). The number of carbonyl (C=O) groups is 4. The normalized spacial score (nSPS) is 11.9. The van der Waals surface area contributed by atoms with Crippen molar-refractivity contribution >= 4 is 24.0 Å². The topological polar surface area (TPSA) is 187 Å². The van der Waals surface area contributed by atoms with Crippen LogP contribution in [0.1, 0.15) is 49.7 Å². The van der Waals surface area contributed by atoms with E-state index in [0.717, 1.165) is 11.1 Å². The van der Waals surface area contributed by atoms with E-state index in [1.165, 1.54) is 0 Å². The molecule has 38 heavy (non-hydrogen) atoms. The van der Waals surface area contributed by atoms with Crippen LogP contribution in [-0.4, -0.2) is 36.1 Å². The summed E-state index contributed by atoms with van der Waals surface area (Å²) in [6, 6.07) is 17.1. The Balaban J connectivity index is 2.08. The number of nitrogens with one attached hydrogen (secondary N) is 4. The van der Waals surface area contributed by atoms with E-state index in [2.05, 4.69) is 21.5 Å². The van der Waals surface area contributed by atoms with Gasteiger partial charge >= 0.3 is 12.2 Å². The lowest BCUT2D eigenvalue weighted by Crippen LogP contribution is -2.52. The van der Waals surface area contributed by atoms with E-state index in [1.807, 2.05) is 60.7 Å². The molecular weight excluding hydrogens is 492 g/mol. The fraction of sp³-hybridized carbons (Fsp3) is 0.385. The Labute approximate surface area is 221 Å². The van der Waals surface area contributed by atoms with Crippen molar-refractivity contribution in [2.24, 2.45) is 11.7 Å². The number of hydrogen-bond acceptors (Lipinski definition) is 8. The van der Waals surface area contributed by atoms with Gasteiger partial charge in [-0.3, -0.25) is 20.4 Å². The summed E-state index contributed by atoms with van der Waals surface area (Å²) >= 11 is 0. The predicted octanol–water partition coefficient (Wildman–Crippen LogP) is 1.90. The molecule has 206 valence electrons. The maximum absolute atomic E-state index is 12.7. The predicted molar refractivity (Wildman–Crippen MR) is 139 cm³/mol. The lowest BCUT2D eigenvalue weighted by atomic mass is 9.96. The molecule has 0 radical (unpaired) electrons. The van der Waals surface area contributed by atoms with Crippen LogP contribution in [0, 0.1) is 0 Å². The highest BCUT2D eigenvalue weighted by Crippen LogP contribution is 2.14. The summed E-state index contributed by atoms with van der Waals surface area (Å²) in [7, 11) is 0. The summed E-state index contributed by atoms with van der Waals surface area (Å²) in [5.41, 5.74) is 5.76. The molecule has 12 heteroatoms. The third-order valence-corrected chi connectivity index (χ3v) is 5.68. The van der Waals surface area contributed by atoms with E-state index in [4.69, 9.17) is 21.2 Å². The van der Waals surface area contributed by atoms with Crippen molar-refractivity contribution in [3.63, 3.8) is 0 Å². The molecule has 8 N–H and O–H groups in total. The molecule has 0 heterocycles. The van der Waals surface area contributed by atoms with E-state index in [9.17, 15) is 19.2 Å². The molecule has 2 aromatic carbocycles. The van der Waals surface area contributed by atoms with Crippen molar-refractivity contribution in [2.45, 2.75) is 63.8 Å². The molecule has 0 spiro atoms. The number of rotatable bonds is 15. The molecule has 0 saturated carbocycles. The second-order valence-corrected chi connectivity index (χ2v) is 8.54. The summed E-state index contributed by atoms with van der Waals surface area (Å²) < 4.78 is 10.7. The summed E-state index contributed by atoms with van der Waals surface area (Å²) in [6.07, 6.45) is 0.238. The molecule has 4 amide bonds. The number of benzene rings is 2. The van der Waals surface area contributed by atoms with Gasteiger partial charge in [-0.05, 0) is 36.8 Å². The van der Waals surface area contributed by atoms with Crippen molar-refractivity contribution in [3.8, 4) is 0 Å². The summed E-state index contributed by atoms with van der Waals surface area (Å²) in [5, 5.41) is 5.58. The number of ether oxygens (including phenoxy) is 2. The van der Waals surface area contributed by atoms with Gasteiger partial charge in [0.1, 0.15) is 13.2 Å². The molecule has 0 bridgehead atoms. The highest BCUT2D eigenvalue weighted by atomic mass is 16.6. The molecule has 2 aromatic rings. The van der Waals surface area contributed by atoms with E-state index >= 15 is 0 Å². The van der Waals surface area contributed by atoms with Crippen LogP contribution in [0.2, 0.25) is 0 Å². The Kier molecular flexibility index (Phi) is 13.7. The van der Waals surface area contributed by atoms with Crippen molar-refractivity contribution in [2.75, 3.05) is 0 Å². The van der Waals surface area contributed by atoms with Crippen LogP contribution in [0.15, 0.2) is 60.7 Å². The SMILES string of the molecule is NNC(=O)CCCC(NC(=O)OCc1ccccc1)C(CCCC(=O)NN)NC(=O)OCc1ccccc1. The first-order valence-electron chi connectivity index (χ1n) is 12.3. The van der Waals surface area contributed by atoms with Gasteiger partial charge in [0, 0.05) is 12.8 Å². The van der Waals surface area contributed by atoms with Gasteiger partial charge in [-0.15, -0.1) is 0 Å². The van der Waals surface area contributed by atoms with E-state index in [1.54, 1.807) is 0 Å². The van der Waals surface area contributed by atoms with Crippen LogP contribution < -0.4 is 33.2 Å². The van der Waals surface area contributed by atoms with Crippen LogP contribution in [-0.2, 0) is 32.3 Å². The second-order valence-electron chi connectivity index (χ2n) is 8.54. The van der Waals surface area contributed by atoms with Gasteiger partial charge in [0.15, 0.2) is 0 Å². The number of hydrazine groups is 2. The fourth-order valence-corrected chi connectivity index (χ4v) is 3.69. The van der Waals surface area contributed by atoms with Crippen LogP contribution in [0.25, 0.3) is 0 Å². The van der Waals surface area contributed by atoms with Crippen LogP contribution in [0.5, 0.6) is 0 Å². The number of alkyl carbamates (subject to hydrolysis) is 2. The Bertz CT molecular complexity index is 926. The van der Waals surface area contributed by atoms with Gasteiger partial charge in [-0.2, -0.15) is 0 Å². The molecule has 2 unspecified atom stereocenters. The van der Waals surface area contributed by atoms with Crippen molar-refractivity contribution in [1.82, 2.24) is 21.5 Å². The molecule has 0 aliphatic rings. The van der Waals surface area contributed by atoms with Crippen molar-refractivity contribution in [3.05, 3.63) is 71.8 Å². The zero-order valence-corrected chi connectivity index (χ0v) is 21.2. The lowest BCUT2D eigenvalue weighted by molar-refractivity contribution is -0.122. The zero-order valence-electron chi connectivity index (χ0n) is 21.2. The Morgan fingerprint density at radius 3 is 1.34 bits per heavy atom.